The molecule has 0 aliphatic carbocycles. The maximum absolute atomic E-state index is 11.9. The molecule has 0 saturated carbocycles. The Kier molecular flexibility index (Phi) is 4.17. The first kappa shape index (κ1) is 14.6. The predicted octanol–water partition coefficient (Wildman–Crippen LogP) is 0.155. The molecular weight excluding hydrogens is 269 g/mol. The van der Waals surface area contributed by atoms with E-state index in [-0.39, 0.29) is 11.4 Å². The molecule has 0 unspecified atom stereocenters. The molecule has 0 radical (unpaired) electrons. The first-order valence-electron chi connectivity index (χ1n) is 4.66. The molecule has 0 bridgehead atoms. The van der Waals surface area contributed by atoms with Gasteiger partial charge in [0.25, 0.3) is 0 Å². The van der Waals surface area contributed by atoms with Crippen molar-refractivity contribution in [2.75, 3.05) is 0 Å². The molecule has 19 heavy (non-hydrogen) atoms. The number of halogens is 3. The van der Waals surface area contributed by atoms with E-state index in [2.05, 4.69) is 9.72 Å². The summed E-state index contributed by atoms with van der Waals surface area (Å²) in [5.41, 5.74) is 6.39. The van der Waals surface area contributed by atoms with Crippen LogP contribution in [0, 0.1) is 0 Å². The molecule has 0 atom stereocenters. The van der Waals surface area contributed by atoms with E-state index in [0.29, 0.717) is 0 Å². The highest BCUT2D eigenvalue weighted by Crippen LogP contribution is 2.22. The molecule has 1 rings (SSSR count). The Morgan fingerprint density at radius 2 is 2.05 bits per heavy atom. The lowest BCUT2D eigenvalue weighted by molar-refractivity contribution is -0.274. The van der Waals surface area contributed by atoms with Gasteiger partial charge in [-0.3, -0.25) is 10.8 Å². The Labute approximate surface area is 104 Å². The lowest BCUT2D eigenvalue weighted by Gasteiger charge is -2.10. The van der Waals surface area contributed by atoms with Gasteiger partial charge in [-0.05, 0) is 12.1 Å². The van der Waals surface area contributed by atoms with Crippen molar-refractivity contribution in [1.82, 2.24) is 10.4 Å². The van der Waals surface area contributed by atoms with E-state index >= 15 is 0 Å². The first-order chi connectivity index (χ1) is 8.74. The van der Waals surface area contributed by atoms with Crippen molar-refractivity contribution in [3.05, 3.63) is 29.7 Å². The molecule has 0 aliphatic rings. The number of hydrogen-bond acceptors (Lipinski definition) is 6. The van der Waals surface area contributed by atoms with E-state index in [1.165, 1.54) is 0 Å². The molecule has 0 aromatic carbocycles. The average molecular weight is 278 g/mol. The molecule has 0 fully saturated rings. The van der Waals surface area contributed by atoms with Gasteiger partial charge >= 0.3 is 12.3 Å². The van der Waals surface area contributed by atoms with Crippen LogP contribution in [0.15, 0.2) is 24.0 Å². The van der Waals surface area contributed by atoms with E-state index in [9.17, 15) is 18.0 Å². The Balaban J connectivity index is 3.02. The number of nitrogens with one attached hydrogen (secondary N) is 1. The number of ether oxygens (including phenoxy) is 1. The topological polar surface area (TPSA) is 123 Å². The summed E-state index contributed by atoms with van der Waals surface area (Å²) in [4.78, 5) is 14.3. The van der Waals surface area contributed by atoms with Crippen molar-refractivity contribution in [2.24, 2.45) is 11.6 Å². The fourth-order valence-electron chi connectivity index (χ4n) is 1.12. The lowest BCUT2D eigenvalue weighted by Crippen LogP contribution is -2.29. The normalized spacial score (nSPS) is 12.6. The van der Waals surface area contributed by atoms with Crippen LogP contribution >= 0.6 is 0 Å². The van der Waals surface area contributed by atoms with Gasteiger partial charge in [0.05, 0.1) is 17.6 Å². The molecule has 0 spiro atoms. The number of alkyl halides is 3. The highest BCUT2D eigenvalue weighted by Gasteiger charge is 2.31. The number of nitrogens with zero attached hydrogens (tertiary/aromatic N) is 1. The number of hydrogen-bond donors (Lipinski definition) is 4. The van der Waals surface area contributed by atoms with Gasteiger partial charge in [0.2, 0.25) is 0 Å². The van der Waals surface area contributed by atoms with Gasteiger partial charge < -0.3 is 21.0 Å². The third-order valence-corrected chi connectivity index (χ3v) is 1.87. The van der Waals surface area contributed by atoms with E-state index < -0.39 is 23.8 Å². The van der Waals surface area contributed by atoms with Gasteiger partial charge in [-0.15, -0.1) is 13.2 Å². The summed E-state index contributed by atoms with van der Waals surface area (Å²) in [5.74, 6) is 2.97. The van der Waals surface area contributed by atoms with Crippen LogP contribution in [0.4, 0.5) is 13.2 Å². The van der Waals surface area contributed by atoms with E-state index in [1.807, 2.05) is 5.43 Å². The molecule has 6 N–H and O–H groups in total. The number of aromatic nitrogens is 1. The summed E-state index contributed by atoms with van der Waals surface area (Å²) in [5, 5.41) is 8.73. The van der Waals surface area contributed by atoms with Crippen molar-refractivity contribution in [2.45, 2.75) is 6.36 Å². The molecule has 0 saturated heterocycles. The fourth-order valence-corrected chi connectivity index (χ4v) is 1.12. The Bertz CT molecular complexity index is 498. The molecule has 1 aromatic heterocycles. The average Bonchev–Trinajstić information content (AvgIpc) is 2.28. The minimum atomic E-state index is -4.84. The molecule has 1 aromatic rings. The highest BCUT2D eigenvalue weighted by atomic mass is 19.4. The second-order valence-corrected chi connectivity index (χ2v) is 3.17. The lowest BCUT2D eigenvalue weighted by atomic mass is 10.2. The third kappa shape index (κ3) is 4.03. The number of pyridine rings is 1. The number of hydrazine groups is 1. The summed E-state index contributed by atoms with van der Waals surface area (Å²) in [6.07, 6.45) is -4.08. The van der Waals surface area contributed by atoms with Crippen LogP contribution in [0.3, 0.4) is 0 Å². The number of carboxylic acid groups (broad SMARTS) is 1. The summed E-state index contributed by atoms with van der Waals surface area (Å²) in [7, 11) is 0. The van der Waals surface area contributed by atoms with Crippen LogP contribution < -0.4 is 21.7 Å². The predicted molar refractivity (Wildman–Crippen MR) is 57.0 cm³/mol. The van der Waals surface area contributed by atoms with Gasteiger partial charge in [-0.1, -0.05) is 0 Å². The Morgan fingerprint density at radius 3 is 2.42 bits per heavy atom. The maximum atomic E-state index is 11.9. The molecule has 104 valence electrons. The van der Waals surface area contributed by atoms with E-state index in [4.69, 9.17) is 16.7 Å². The molecule has 1 heterocycles. The van der Waals surface area contributed by atoms with E-state index in [0.717, 1.165) is 18.3 Å². The van der Waals surface area contributed by atoms with Crippen LogP contribution in [-0.4, -0.2) is 22.4 Å². The van der Waals surface area contributed by atoms with Crippen LogP contribution in [0.1, 0.15) is 5.69 Å². The highest BCUT2D eigenvalue weighted by molar-refractivity contribution is 5.94. The number of aliphatic carboxylic acids is 1. The molecule has 0 amide bonds. The Hall–Kier alpha value is -2.49. The van der Waals surface area contributed by atoms with Crippen molar-refractivity contribution in [3.63, 3.8) is 0 Å². The quantitative estimate of drug-likeness (QED) is 0.351. The van der Waals surface area contributed by atoms with Gasteiger partial charge in [0, 0.05) is 0 Å². The van der Waals surface area contributed by atoms with Crippen LogP contribution in [-0.2, 0) is 4.79 Å². The molecular formula is C9H9F3N4O3. The zero-order valence-corrected chi connectivity index (χ0v) is 9.23. The van der Waals surface area contributed by atoms with Crippen LogP contribution in [0.2, 0.25) is 0 Å². The monoisotopic (exact) mass is 278 g/mol. The smallest absolute Gasteiger partial charge is 0.476 e. The number of carboxylic acids is 1. The zero-order valence-electron chi connectivity index (χ0n) is 9.23. The minimum Gasteiger partial charge on any atom is -0.476 e. The molecule has 7 nitrogen and oxygen atoms in total. The van der Waals surface area contributed by atoms with Crippen LogP contribution in [0.25, 0.3) is 5.70 Å². The van der Waals surface area contributed by atoms with Gasteiger partial charge in [0.15, 0.2) is 5.70 Å². The first-order valence-corrected chi connectivity index (χ1v) is 4.66. The summed E-state index contributed by atoms with van der Waals surface area (Å²) >= 11 is 0. The van der Waals surface area contributed by atoms with Gasteiger partial charge in [0.1, 0.15) is 5.75 Å². The van der Waals surface area contributed by atoms with Crippen molar-refractivity contribution in [3.8, 4) is 5.75 Å². The standard InChI is InChI=1S/C9H9F3N4O3/c10-9(11,12)19-4-1-2-5(15-3-4)6(13)7(16-14)8(17)18/h1-3,16H,13-14H2,(H,17,18)/b7-6-. The van der Waals surface area contributed by atoms with Gasteiger partial charge in [-0.2, -0.15) is 0 Å². The van der Waals surface area contributed by atoms with Crippen molar-refractivity contribution in [1.29, 1.82) is 0 Å². The van der Waals surface area contributed by atoms with Crippen molar-refractivity contribution < 1.29 is 27.8 Å². The second kappa shape index (κ2) is 5.44. The van der Waals surface area contributed by atoms with Crippen LogP contribution in [0.5, 0.6) is 5.75 Å². The molecule has 0 aliphatic heterocycles. The Morgan fingerprint density at radius 1 is 1.42 bits per heavy atom. The summed E-state index contributed by atoms with van der Waals surface area (Å²) < 4.78 is 39.3. The summed E-state index contributed by atoms with van der Waals surface area (Å²) in [6.45, 7) is 0. The number of carbonyl (C=O) groups is 1. The second-order valence-electron chi connectivity index (χ2n) is 3.17. The fraction of sp³-hybridized carbons (Fsp3) is 0.111. The summed E-state index contributed by atoms with van der Waals surface area (Å²) in [6, 6.07) is 2.01. The molecule has 10 heteroatoms. The third-order valence-electron chi connectivity index (χ3n) is 1.87. The SMILES string of the molecule is NN/C(C(=O)O)=C(\N)c1ccc(OC(F)(F)F)cn1. The minimum absolute atomic E-state index is 0.0649. The van der Waals surface area contributed by atoms with Crippen molar-refractivity contribution >= 4 is 11.7 Å². The number of rotatable bonds is 4. The van der Waals surface area contributed by atoms with E-state index in [1.54, 1.807) is 0 Å². The zero-order chi connectivity index (χ0) is 14.6. The maximum Gasteiger partial charge on any atom is 0.573 e. The number of nitrogens with two attached hydrogens (primary N) is 2. The largest absolute Gasteiger partial charge is 0.573 e. The van der Waals surface area contributed by atoms with Gasteiger partial charge in [-0.25, -0.2) is 4.79 Å².